The van der Waals surface area contributed by atoms with Crippen molar-refractivity contribution >= 4 is 16.8 Å². The predicted molar refractivity (Wildman–Crippen MR) is 122 cm³/mol. The van der Waals surface area contributed by atoms with Crippen LogP contribution in [0.3, 0.4) is 0 Å². The number of methoxy groups -OCH3 is 1. The Morgan fingerprint density at radius 1 is 1.21 bits per heavy atom. The Morgan fingerprint density at radius 3 is 2.65 bits per heavy atom. The summed E-state index contributed by atoms with van der Waals surface area (Å²) < 4.78 is 22.6. The van der Waals surface area contributed by atoms with E-state index in [1.807, 2.05) is 0 Å². The molecular weight excluding hydrogens is 442 g/mol. The summed E-state index contributed by atoms with van der Waals surface area (Å²) >= 11 is 0. The third-order valence-electron chi connectivity index (χ3n) is 6.05. The molecule has 0 saturated carbocycles. The van der Waals surface area contributed by atoms with E-state index >= 15 is 0 Å². The van der Waals surface area contributed by atoms with Crippen LogP contribution >= 0.6 is 0 Å². The summed E-state index contributed by atoms with van der Waals surface area (Å²) in [5, 5.41) is 21.6. The van der Waals surface area contributed by atoms with Crippen LogP contribution in [0.4, 0.5) is 0 Å². The molecule has 0 spiro atoms. The fraction of sp³-hybridized carbons (Fsp3) is 0.400. The summed E-state index contributed by atoms with van der Waals surface area (Å²) in [5.74, 6) is 0.0770. The molecule has 2 N–H and O–H groups in total. The molecule has 180 valence electrons. The standard InChI is InChI=1S/C25H27NO8/c1-13-18(32-24-20(29)19(28)22(31-4)25(2,3)34-24)8-7-14-10-16(23(30)33-21(13)14)11-17(27)15-6-5-9-26-12-15/h5-10,12,19-20,22,24,28-29H,11H2,1-4H3/t19-,20+,22+,24+/m0/s1. The molecule has 3 aromatic rings. The third kappa shape index (κ3) is 4.47. The lowest BCUT2D eigenvalue weighted by Gasteiger charge is -2.46. The molecule has 0 aliphatic carbocycles. The second-order valence-electron chi connectivity index (χ2n) is 8.85. The van der Waals surface area contributed by atoms with Gasteiger partial charge in [0.25, 0.3) is 0 Å². The molecule has 1 aliphatic rings. The van der Waals surface area contributed by atoms with Crippen molar-refractivity contribution in [1.29, 1.82) is 0 Å². The molecule has 9 heteroatoms. The number of ether oxygens (including phenoxy) is 3. The Morgan fingerprint density at radius 2 is 1.97 bits per heavy atom. The van der Waals surface area contributed by atoms with Crippen molar-refractivity contribution in [2.45, 2.75) is 57.4 Å². The molecule has 0 amide bonds. The number of nitrogens with zero attached hydrogens (tertiary/aromatic N) is 1. The third-order valence-corrected chi connectivity index (χ3v) is 6.05. The lowest BCUT2D eigenvalue weighted by molar-refractivity contribution is -0.306. The average Bonchev–Trinajstić information content (AvgIpc) is 2.80. The summed E-state index contributed by atoms with van der Waals surface area (Å²) in [4.78, 5) is 29.0. The number of aliphatic hydroxyl groups excluding tert-OH is 2. The molecule has 1 fully saturated rings. The van der Waals surface area contributed by atoms with E-state index in [2.05, 4.69) is 4.98 Å². The number of hydrogen-bond donors (Lipinski definition) is 2. The van der Waals surface area contributed by atoms with Crippen LogP contribution in [-0.4, -0.2) is 58.3 Å². The van der Waals surface area contributed by atoms with Gasteiger partial charge in [0.15, 0.2) is 5.78 Å². The summed E-state index contributed by atoms with van der Waals surface area (Å²) in [7, 11) is 1.43. The van der Waals surface area contributed by atoms with Crippen LogP contribution < -0.4 is 10.4 Å². The second kappa shape index (κ2) is 9.27. The summed E-state index contributed by atoms with van der Waals surface area (Å²) in [6, 6.07) is 8.26. The number of aryl methyl sites for hydroxylation is 1. The lowest BCUT2D eigenvalue weighted by Crippen LogP contribution is -2.63. The molecule has 34 heavy (non-hydrogen) atoms. The van der Waals surface area contributed by atoms with Crippen molar-refractivity contribution in [2.75, 3.05) is 7.11 Å². The van der Waals surface area contributed by atoms with Gasteiger partial charge in [-0.3, -0.25) is 9.78 Å². The zero-order chi connectivity index (χ0) is 24.6. The normalized spacial score (nSPS) is 24.2. The monoisotopic (exact) mass is 469 g/mol. The largest absolute Gasteiger partial charge is 0.462 e. The van der Waals surface area contributed by atoms with Crippen molar-refractivity contribution in [3.8, 4) is 5.75 Å². The van der Waals surface area contributed by atoms with Gasteiger partial charge in [0, 0.05) is 48.0 Å². The maximum Gasteiger partial charge on any atom is 0.339 e. The first-order valence-corrected chi connectivity index (χ1v) is 10.9. The smallest absolute Gasteiger partial charge is 0.339 e. The van der Waals surface area contributed by atoms with E-state index in [0.29, 0.717) is 27.8 Å². The molecule has 4 rings (SSSR count). The minimum Gasteiger partial charge on any atom is -0.462 e. The topological polar surface area (TPSA) is 128 Å². The Bertz CT molecular complexity index is 1250. The minimum absolute atomic E-state index is 0.114. The summed E-state index contributed by atoms with van der Waals surface area (Å²) in [5.41, 5.74) is -0.106. The van der Waals surface area contributed by atoms with Gasteiger partial charge in [-0.25, -0.2) is 4.79 Å². The number of carbonyl (C=O) groups excluding carboxylic acids is 1. The van der Waals surface area contributed by atoms with Crippen LogP contribution in [0.1, 0.15) is 35.3 Å². The van der Waals surface area contributed by atoms with Crippen LogP contribution in [0.25, 0.3) is 11.0 Å². The van der Waals surface area contributed by atoms with Crippen molar-refractivity contribution in [3.05, 3.63) is 69.8 Å². The number of aliphatic hydroxyl groups is 2. The Balaban J connectivity index is 1.60. The van der Waals surface area contributed by atoms with E-state index in [1.54, 1.807) is 57.3 Å². The second-order valence-corrected chi connectivity index (χ2v) is 8.85. The van der Waals surface area contributed by atoms with Crippen LogP contribution in [-0.2, 0) is 15.9 Å². The highest BCUT2D eigenvalue weighted by atomic mass is 16.7. The molecule has 0 bridgehead atoms. The Hall–Kier alpha value is -3.11. The average molecular weight is 469 g/mol. The molecule has 3 heterocycles. The first-order valence-electron chi connectivity index (χ1n) is 10.9. The molecule has 1 aromatic carbocycles. The molecule has 9 nitrogen and oxygen atoms in total. The Labute approximate surface area is 195 Å². The lowest BCUT2D eigenvalue weighted by atomic mass is 9.89. The quantitative estimate of drug-likeness (QED) is 0.412. The molecule has 1 saturated heterocycles. The number of aromatic nitrogens is 1. The van der Waals surface area contributed by atoms with Gasteiger partial charge in [-0.15, -0.1) is 0 Å². The highest BCUT2D eigenvalue weighted by Crippen LogP contribution is 2.34. The maximum atomic E-state index is 12.6. The zero-order valence-corrected chi connectivity index (χ0v) is 19.3. The number of Topliss-reactive ketones (excluding diaryl/α,β-unsaturated/α-hetero) is 1. The predicted octanol–water partition coefficient (Wildman–Crippen LogP) is 2.17. The van der Waals surface area contributed by atoms with E-state index in [0.717, 1.165) is 0 Å². The van der Waals surface area contributed by atoms with Gasteiger partial charge in [0.1, 0.15) is 29.6 Å². The van der Waals surface area contributed by atoms with Crippen LogP contribution in [0.2, 0.25) is 0 Å². The number of ketones is 1. The fourth-order valence-electron chi connectivity index (χ4n) is 4.23. The first kappa shape index (κ1) is 24.0. The molecule has 2 aromatic heterocycles. The highest BCUT2D eigenvalue weighted by molar-refractivity contribution is 5.97. The number of pyridine rings is 1. The summed E-state index contributed by atoms with van der Waals surface area (Å²) in [6.07, 6.45) is -1.59. The first-order chi connectivity index (χ1) is 16.1. The van der Waals surface area contributed by atoms with Gasteiger partial charge in [0.05, 0.1) is 5.60 Å². The number of carbonyl (C=O) groups is 1. The molecule has 4 atom stereocenters. The number of hydrogen-bond acceptors (Lipinski definition) is 9. The molecule has 0 radical (unpaired) electrons. The van der Waals surface area contributed by atoms with Crippen molar-refractivity contribution in [2.24, 2.45) is 0 Å². The van der Waals surface area contributed by atoms with Gasteiger partial charge >= 0.3 is 5.63 Å². The van der Waals surface area contributed by atoms with Gasteiger partial charge in [0.2, 0.25) is 6.29 Å². The maximum absolute atomic E-state index is 12.6. The molecule has 0 unspecified atom stereocenters. The van der Waals surface area contributed by atoms with Crippen LogP contribution in [0.5, 0.6) is 5.75 Å². The van der Waals surface area contributed by atoms with Crippen LogP contribution in [0, 0.1) is 6.92 Å². The number of benzene rings is 1. The SMILES string of the molecule is CO[C@@H]1[C@@H](O)[C@@H](O)[C@H](Oc2ccc3cc(CC(=O)c4cccnc4)c(=O)oc3c2C)OC1(C)C. The Kier molecular flexibility index (Phi) is 6.55. The number of rotatable bonds is 6. The van der Waals surface area contributed by atoms with Gasteiger partial charge < -0.3 is 28.8 Å². The van der Waals surface area contributed by atoms with Crippen molar-refractivity contribution < 1.29 is 33.6 Å². The van der Waals surface area contributed by atoms with Gasteiger partial charge in [-0.05, 0) is 51.1 Å². The fourth-order valence-corrected chi connectivity index (χ4v) is 4.23. The van der Waals surface area contributed by atoms with Crippen molar-refractivity contribution in [1.82, 2.24) is 4.98 Å². The van der Waals surface area contributed by atoms with E-state index in [1.165, 1.54) is 13.3 Å². The zero-order valence-electron chi connectivity index (χ0n) is 19.3. The van der Waals surface area contributed by atoms with E-state index in [-0.39, 0.29) is 17.8 Å². The van der Waals surface area contributed by atoms with Crippen molar-refractivity contribution in [3.63, 3.8) is 0 Å². The van der Waals surface area contributed by atoms with E-state index in [4.69, 9.17) is 18.6 Å². The molecule has 1 aliphatic heterocycles. The summed E-state index contributed by atoms with van der Waals surface area (Å²) in [6.45, 7) is 5.16. The molecular formula is C25H27NO8. The van der Waals surface area contributed by atoms with E-state index in [9.17, 15) is 19.8 Å². The highest BCUT2D eigenvalue weighted by Gasteiger charge is 2.50. The minimum atomic E-state index is -1.36. The van der Waals surface area contributed by atoms with E-state index < -0.39 is 35.8 Å². The van der Waals surface area contributed by atoms with Gasteiger partial charge in [-0.2, -0.15) is 0 Å². The van der Waals surface area contributed by atoms with Crippen LogP contribution in [0.15, 0.2) is 51.9 Å². The van der Waals surface area contributed by atoms with Gasteiger partial charge in [-0.1, -0.05) is 0 Å². The number of fused-ring (bicyclic) bond motifs is 1.